The van der Waals surface area contributed by atoms with Gasteiger partial charge in [-0.2, -0.15) is 0 Å². The highest BCUT2D eigenvalue weighted by Gasteiger charge is 2.13. The van der Waals surface area contributed by atoms with Gasteiger partial charge in [0.2, 0.25) is 5.78 Å². The standard InChI is InChI=1S/C26H23N3O2/c1-17(2)21-16-19(26(31)27-20-8-4-3-5-9-20)13-12-18(21)14-15-24(30)25-28-22-10-6-7-11-23(22)29-25/h3-17H,1-2H3,(H,27,31)(H,28,29). The van der Waals surface area contributed by atoms with Gasteiger partial charge in [-0.25, -0.2) is 4.98 Å². The summed E-state index contributed by atoms with van der Waals surface area (Å²) in [5.74, 6) is 0.131. The van der Waals surface area contributed by atoms with Gasteiger partial charge in [-0.15, -0.1) is 0 Å². The largest absolute Gasteiger partial charge is 0.335 e. The fourth-order valence-corrected chi connectivity index (χ4v) is 3.41. The number of imidazole rings is 1. The molecule has 4 rings (SSSR count). The maximum Gasteiger partial charge on any atom is 0.255 e. The third-order valence-corrected chi connectivity index (χ3v) is 5.04. The number of fused-ring (bicyclic) bond motifs is 1. The third kappa shape index (κ3) is 4.61. The molecule has 154 valence electrons. The molecule has 1 amide bonds. The van der Waals surface area contributed by atoms with E-state index in [1.807, 2.05) is 66.7 Å². The van der Waals surface area contributed by atoms with Gasteiger partial charge in [-0.3, -0.25) is 9.59 Å². The molecule has 0 fully saturated rings. The second kappa shape index (κ2) is 8.79. The number of nitrogens with zero attached hydrogens (tertiary/aromatic N) is 1. The summed E-state index contributed by atoms with van der Waals surface area (Å²) in [5.41, 5.74) is 4.81. The number of H-pyrrole nitrogens is 1. The number of rotatable bonds is 6. The van der Waals surface area contributed by atoms with Crippen LogP contribution < -0.4 is 5.32 Å². The molecule has 5 nitrogen and oxygen atoms in total. The van der Waals surface area contributed by atoms with Crippen molar-refractivity contribution < 1.29 is 9.59 Å². The Morgan fingerprint density at radius 1 is 0.968 bits per heavy atom. The summed E-state index contributed by atoms with van der Waals surface area (Å²) in [6.45, 7) is 4.12. The van der Waals surface area contributed by atoms with Crippen molar-refractivity contribution in [3.8, 4) is 0 Å². The van der Waals surface area contributed by atoms with E-state index in [0.29, 0.717) is 11.4 Å². The molecule has 0 aliphatic rings. The van der Waals surface area contributed by atoms with Crippen LogP contribution in [0.2, 0.25) is 0 Å². The summed E-state index contributed by atoms with van der Waals surface area (Å²) in [6, 6.07) is 22.4. The number of aromatic amines is 1. The molecule has 1 heterocycles. The van der Waals surface area contributed by atoms with E-state index in [-0.39, 0.29) is 17.6 Å². The summed E-state index contributed by atoms with van der Waals surface area (Å²) in [5, 5.41) is 2.90. The van der Waals surface area contributed by atoms with Crippen LogP contribution in [0.25, 0.3) is 17.1 Å². The molecule has 0 aliphatic carbocycles. The highest BCUT2D eigenvalue weighted by atomic mass is 16.1. The lowest BCUT2D eigenvalue weighted by atomic mass is 9.94. The molecule has 0 radical (unpaired) electrons. The van der Waals surface area contributed by atoms with Crippen molar-refractivity contribution in [2.75, 3.05) is 5.32 Å². The Hall–Kier alpha value is -3.99. The van der Waals surface area contributed by atoms with Crippen LogP contribution >= 0.6 is 0 Å². The lowest BCUT2D eigenvalue weighted by Crippen LogP contribution is -2.12. The van der Waals surface area contributed by atoms with E-state index < -0.39 is 0 Å². The topological polar surface area (TPSA) is 74.8 Å². The SMILES string of the molecule is CC(C)c1cc(C(=O)Nc2ccccc2)ccc1C=CC(=O)c1nc2ccccc2[nH]1. The molecule has 0 saturated heterocycles. The normalized spacial score (nSPS) is 11.3. The molecule has 5 heteroatoms. The summed E-state index contributed by atoms with van der Waals surface area (Å²) < 4.78 is 0. The number of benzene rings is 3. The van der Waals surface area contributed by atoms with E-state index in [1.165, 1.54) is 6.08 Å². The van der Waals surface area contributed by atoms with E-state index in [9.17, 15) is 9.59 Å². The van der Waals surface area contributed by atoms with Crippen molar-refractivity contribution in [1.82, 2.24) is 9.97 Å². The van der Waals surface area contributed by atoms with Crippen molar-refractivity contribution in [2.45, 2.75) is 19.8 Å². The second-order valence-electron chi connectivity index (χ2n) is 7.62. The summed E-state index contributed by atoms with van der Waals surface area (Å²) in [6.07, 6.45) is 3.30. The van der Waals surface area contributed by atoms with Crippen LogP contribution in [0.4, 0.5) is 5.69 Å². The second-order valence-corrected chi connectivity index (χ2v) is 7.62. The maximum absolute atomic E-state index is 12.6. The van der Waals surface area contributed by atoms with Crippen LogP contribution in [0, 0.1) is 0 Å². The molecule has 0 bridgehead atoms. The monoisotopic (exact) mass is 409 g/mol. The Morgan fingerprint density at radius 2 is 1.71 bits per heavy atom. The summed E-state index contributed by atoms with van der Waals surface area (Å²) in [7, 11) is 0. The molecule has 0 atom stereocenters. The molecule has 31 heavy (non-hydrogen) atoms. The van der Waals surface area contributed by atoms with Gasteiger partial charge in [0.15, 0.2) is 5.82 Å². The zero-order valence-corrected chi connectivity index (χ0v) is 17.4. The molecule has 4 aromatic rings. The van der Waals surface area contributed by atoms with Gasteiger partial charge in [-0.05, 0) is 59.5 Å². The van der Waals surface area contributed by atoms with Crippen LogP contribution in [-0.4, -0.2) is 21.7 Å². The number of ketones is 1. The molecule has 0 aliphatic heterocycles. The number of hydrogen-bond acceptors (Lipinski definition) is 3. The first kappa shape index (κ1) is 20.3. The van der Waals surface area contributed by atoms with E-state index >= 15 is 0 Å². The number of amides is 1. The average molecular weight is 409 g/mol. The minimum Gasteiger partial charge on any atom is -0.335 e. The Morgan fingerprint density at radius 3 is 2.45 bits per heavy atom. The Balaban J connectivity index is 1.56. The van der Waals surface area contributed by atoms with Crippen LogP contribution in [0.3, 0.4) is 0 Å². The molecule has 1 aromatic heterocycles. The van der Waals surface area contributed by atoms with Gasteiger partial charge in [0, 0.05) is 11.3 Å². The summed E-state index contributed by atoms with van der Waals surface area (Å²) >= 11 is 0. The van der Waals surface area contributed by atoms with Crippen molar-refractivity contribution >= 4 is 34.5 Å². The fourth-order valence-electron chi connectivity index (χ4n) is 3.41. The lowest BCUT2D eigenvalue weighted by Gasteiger charge is -2.13. The van der Waals surface area contributed by atoms with Gasteiger partial charge in [0.25, 0.3) is 5.91 Å². The number of anilines is 1. The summed E-state index contributed by atoms with van der Waals surface area (Å²) in [4.78, 5) is 32.6. The third-order valence-electron chi connectivity index (χ3n) is 5.04. The smallest absolute Gasteiger partial charge is 0.255 e. The van der Waals surface area contributed by atoms with E-state index in [2.05, 4.69) is 29.1 Å². The Bertz CT molecular complexity index is 1240. The maximum atomic E-state index is 12.6. The number of para-hydroxylation sites is 3. The van der Waals surface area contributed by atoms with Crippen molar-refractivity contribution in [2.24, 2.45) is 0 Å². The number of aromatic nitrogens is 2. The number of carbonyl (C=O) groups excluding carboxylic acids is 2. The highest BCUT2D eigenvalue weighted by Crippen LogP contribution is 2.23. The first-order chi connectivity index (χ1) is 15.0. The molecular weight excluding hydrogens is 386 g/mol. The van der Waals surface area contributed by atoms with E-state index in [1.54, 1.807) is 12.1 Å². The predicted molar refractivity (Wildman–Crippen MR) is 124 cm³/mol. The van der Waals surface area contributed by atoms with Crippen molar-refractivity contribution in [3.63, 3.8) is 0 Å². The van der Waals surface area contributed by atoms with Crippen LogP contribution in [0.5, 0.6) is 0 Å². The zero-order chi connectivity index (χ0) is 21.8. The first-order valence-corrected chi connectivity index (χ1v) is 10.2. The Labute approximate surface area is 180 Å². The molecule has 0 unspecified atom stereocenters. The van der Waals surface area contributed by atoms with Gasteiger partial charge < -0.3 is 10.3 Å². The van der Waals surface area contributed by atoms with E-state index in [4.69, 9.17) is 0 Å². The van der Waals surface area contributed by atoms with Crippen LogP contribution in [0.15, 0.2) is 78.9 Å². The van der Waals surface area contributed by atoms with Crippen molar-refractivity contribution in [3.05, 3.63) is 101 Å². The predicted octanol–water partition coefficient (Wildman–Crippen LogP) is 5.83. The van der Waals surface area contributed by atoms with Crippen molar-refractivity contribution in [1.29, 1.82) is 0 Å². The lowest BCUT2D eigenvalue weighted by molar-refractivity contribution is 0.102. The minimum absolute atomic E-state index is 0.165. The molecule has 0 spiro atoms. The van der Waals surface area contributed by atoms with Crippen LogP contribution in [0.1, 0.15) is 51.9 Å². The van der Waals surface area contributed by atoms with Gasteiger partial charge in [0.05, 0.1) is 11.0 Å². The first-order valence-electron chi connectivity index (χ1n) is 10.2. The highest BCUT2D eigenvalue weighted by molar-refractivity contribution is 6.06. The zero-order valence-electron chi connectivity index (χ0n) is 17.4. The number of allylic oxidation sites excluding steroid dienone is 1. The molecule has 2 N–H and O–H groups in total. The Kier molecular flexibility index (Phi) is 5.76. The molecule has 3 aromatic carbocycles. The average Bonchev–Trinajstić information content (AvgIpc) is 3.22. The fraction of sp³-hybridized carbons (Fsp3) is 0.115. The molecule has 0 saturated carbocycles. The quantitative estimate of drug-likeness (QED) is 0.310. The molecular formula is C26H23N3O2. The van der Waals surface area contributed by atoms with Gasteiger partial charge >= 0.3 is 0 Å². The minimum atomic E-state index is -0.197. The number of carbonyl (C=O) groups is 2. The van der Waals surface area contributed by atoms with Gasteiger partial charge in [-0.1, -0.05) is 56.3 Å². The van der Waals surface area contributed by atoms with Crippen LogP contribution in [-0.2, 0) is 0 Å². The number of nitrogens with one attached hydrogen (secondary N) is 2. The van der Waals surface area contributed by atoms with Gasteiger partial charge in [0.1, 0.15) is 0 Å². The van der Waals surface area contributed by atoms with E-state index in [0.717, 1.165) is 27.8 Å². The number of hydrogen-bond donors (Lipinski definition) is 2.